The van der Waals surface area contributed by atoms with E-state index in [0.717, 1.165) is 16.9 Å². The molecule has 0 amide bonds. The fourth-order valence-electron chi connectivity index (χ4n) is 1.78. The van der Waals surface area contributed by atoms with Crippen molar-refractivity contribution in [3.63, 3.8) is 0 Å². The average Bonchev–Trinajstić information content (AvgIpc) is 2.40. The number of methoxy groups -OCH3 is 1. The number of nitrogens with zero attached hydrogens (tertiary/aromatic N) is 1. The predicted molar refractivity (Wildman–Crippen MR) is 76.4 cm³/mol. The third-order valence-electron chi connectivity index (χ3n) is 2.69. The van der Waals surface area contributed by atoms with Gasteiger partial charge in [0.25, 0.3) is 0 Å². The summed E-state index contributed by atoms with van der Waals surface area (Å²) in [4.78, 5) is 0. The number of benzene rings is 2. The van der Waals surface area contributed by atoms with Crippen LogP contribution >= 0.6 is 0 Å². The first-order valence-corrected chi connectivity index (χ1v) is 5.89. The molecular formula is C15H15N3O. The van der Waals surface area contributed by atoms with Gasteiger partial charge >= 0.3 is 0 Å². The molecule has 3 N–H and O–H groups in total. The van der Waals surface area contributed by atoms with Gasteiger partial charge in [-0.15, -0.1) is 0 Å². The van der Waals surface area contributed by atoms with Gasteiger partial charge in [-0.3, -0.25) is 0 Å². The van der Waals surface area contributed by atoms with E-state index < -0.39 is 0 Å². The lowest BCUT2D eigenvalue weighted by molar-refractivity contribution is 0.415. The molecule has 0 aliphatic rings. The Kier molecular flexibility index (Phi) is 3.89. The summed E-state index contributed by atoms with van der Waals surface area (Å²) >= 11 is 0. The van der Waals surface area contributed by atoms with Crippen LogP contribution in [0.5, 0.6) is 5.75 Å². The van der Waals surface area contributed by atoms with Crippen molar-refractivity contribution in [1.82, 2.24) is 0 Å². The SMILES string of the molecule is COc1cc(N)cc(Nc2ccc(CC#N)cc2)c1. The summed E-state index contributed by atoms with van der Waals surface area (Å²) in [6.07, 6.45) is 0.423. The minimum Gasteiger partial charge on any atom is -0.497 e. The van der Waals surface area contributed by atoms with Gasteiger partial charge in [0.05, 0.1) is 19.6 Å². The molecule has 0 radical (unpaired) electrons. The first-order valence-electron chi connectivity index (χ1n) is 5.89. The van der Waals surface area contributed by atoms with Crippen LogP contribution in [0.15, 0.2) is 42.5 Å². The Bertz CT molecular complexity index is 600. The van der Waals surface area contributed by atoms with Crippen LogP contribution in [0.25, 0.3) is 0 Å². The lowest BCUT2D eigenvalue weighted by atomic mass is 10.1. The summed E-state index contributed by atoms with van der Waals surface area (Å²) in [5.41, 5.74) is 9.24. The van der Waals surface area contributed by atoms with Crippen LogP contribution in [0.2, 0.25) is 0 Å². The maximum absolute atomic E-state index is 8.62. The smallest absolute Gasteiger partial charge is 0.122 e. The van der Waals surface area contributed by atoms with Crippen molar-refractivity contribution in [2.24, 2.45) is 0 Å². The molecule has 0 heterocycles. The highest BCUT2D eigenvalue weighted by molar-refractivity contribution is 5.66. The number of hydrogen-bond acceptors (Lipinski definition) is 4. The van der Waals surface area contributed by atoms with Crippen LogP contribution in [0.4, 0.5) is 17.1 Å². The highest BCUT2D eigenvalue weighted by Gasteiger charge is 2.00. The molecular weight excluding hydrogens is 238 g/mol. The van der Waals surface area contributed by atoms with Crippen molar-refractivity contribution in [3.8, 4) is 11.8 Å². The molecule has 4 nitrogen and oxygen atoms in total. The number of nitrogens with one attached hydrogen (secondary N) is 1. The molecule has 0 aromatic heterocycles. The quantitative estimate of drug-likeness (QED) is 0.821. The van der Waals surface area contributed by atoms with E-state index in [1.807, 2.05) is 36.4 Å². The van der Waals surface area contributed by atoms with Gasteiger partial charge in [-0.2, -0.15) is 5.26 Å². The Morgan fingerprint density at radius 3 is 2.53 bits per heavy atom. The lowest BCUT2D eigenvalue weighted by Crippen LogP contribution is -1.94. The standard InChI is InChI=1S/C15H15N3O/c1-19-15-9-12(17)8-14(10-15)18-13-4-2-11(3-5-13)6-7-16/h2-5,8-10,18H,6,17H2,1H3. The molecule has 2 aromatic rings. The summed E-state index contributed by atoms with van der Waals surface area (Å²) in [6.45, 7) is 0. The van der Waals surface area contributed by atoms with Crippen LogP contribution in [0, 0.1) is 11.3 Å². The second-order valence-corrected chi connectivity index (χ2v) is 4.15. The van der Waals surface area contributed by atoms with Gasteiger partial charge in [0.2, 0.25) is 0 Å². The summed E-state index contributed by atoms with van der Waals surface area (Å²) < 4.78 is 5.17. The number of nitrogens with two attached hydrogens (primary N) is 1. The van der Waals surface area contributed by atoms with Crippen molar-refractivity contribution >= 4 is 17.1 Å². The first kappa shape index (κ1) is 12.8. The van der Waals surface area contributed by atoms with Gasteiger partial charge < -0.3 is 15.8 Å². The van der Waals surface area contributed by atoms with E-state index in [0.29, 0.717) is 17.9 Å². The maximum Gasteiger partial charge on any atom is 0.122 e. The van der Waals surface area contributed by atoms with Crippen molar-refractivity contribution < 1.29 is 4.74 Å². The van der Waals surface area contributed by atoms with E-state index in [1.165, 1.54) is 0 Å². The first-order chi connectivity index (χ1) is 9.21. The van der Waals surface area contributed by atoms with Crippen LogP contribution in [-0.2, 0) is 6.42 Å². The fourth-order valence-corrected chi connectivity index (χ4v) is 1.78. The van der Waals surface area contributed by atoms with Crippen LogP contribution in [0.1, 0.15) is 5.56 Å². The van der Waals surface area contributed by atoms with E-state index in [4.69, 9.17) is 15.7 Å². The Morgan fingerprint density at radius 1 is 1.16 bits per heavy atom. The molecule has 0 aliphatic heterocycles. The Labute approximate surface area is 112 Å². The molecule has 2 rings (SSSR count). The normalized spacial score (nSPS) is 9.68. The molecule has 19 heavy (non-hydrogen) atoms. The molecule has 0 spiro atoms. The number of nitrogen functional groups attached to an aromatic ring is 1. The molecule has 0 saturated heterocycles. The highest BCUT2D eigenvalue weighted by atomic mass is 16.5. The minimum absolute atomic E-state index is 0.423. The van der Waals surface area contributed by atoms with Gasteiger partial charge in [-0.25, -0.2) is 0 Å². The third kappa shape index (κ3) is 3.39. The van der Waals surface area contributed by atoms with E-state index in [-0.39, 0.29) is 0 Å². The Balaban J connectivity index is 2.16. The summed E-state index contributed by atoms with van der Waals surface area (Å²) in [6, 6.07) is 15.3. The van der Waals surface area contributed by atoms with Crippen molar-refractivity contribution in [2.45, 2.75) is 6.42 Å². The molecule has 0 atom stereocenters. The zero-order valence-corrected chi connectivity index (χ0v) is 10.7. The number of hydrogen-bond donors (Lipinski definition) is 2. The molecule has 0 unspecified atom stereocenters. The molecule has 0 fully saturated rings. The maximum atomic E-state index is 8.62. The number of anilines is 3. The lowest BCUT2D eigenvalue weighted by Gasteiger charge is -2.10. The van der Waals surface area contributed by atoms with Crippen LogP contribution in [0.3, 0.4) is 0 Å². The molecule has 0 saturated carbocycles. The Hall–Kier alpha value is -2.67. The van der Waals surface area contributed by atoms with Gasteiger partial charge in [0.15, 0.2) is 0 Å². The second-order valence-electron chi connectivity index (χ2n) is 4.15. The molecule has 2 aromatic carbocycles. The summed E-state index contributed by atoms with van der Waals surface area (Å²) in [7, 11) is 1.61. The van der Waals surface area contributed by atoms with Crippen molar-refractivity contribution in [3.05, 3.63) is 48.0 Å². The second kappa shape index (κ2) is 5.78. The minimum atomic E-state index is 0.423. The van der Waals surface area contributed by atoms with Crippen LogP contribution in [-0.4, -0.2) is 7.11 Å². The number of nitriles is 1. The third-order valence-corrected chi connectivity index (χ3v) is 2.69. The van der Waals surface area contributed by atoms with Crippen molar-refractivity contribution in [1.29, 1.82) is 5.26 Å². The van der Waals surface area contributed by atoms with Gasteiger partial charge in [0, 0.05) is 29.2 Å². The highest BCUT2D eigenvalue weighted by Crippen LogP contribution is 2.25. The van der Waals surface area contributed by atoms with E-state index >= 15 is 0 Å². The zero-order valence-electron chi connectivity index (χ0n) is 10.7. The van der Waals surface area contributed by atoms with Crippen molar-refractivity contribution in [2.75, 3.05) is 18.2 Å². The molecule has 0 bridgehead atoms. The largest absolute Gasteiger partial charge is 0.497 e. The molecule has 0 aliphatic carbocycles. The summed E-state index contributed by atoms with van der Waals surface area (Å²) in [5.74, 6) is 0.712. The zero-order chi connectivity index (χ0) is 13.7. The van der Waals surface area contributed by atoms with E-state index in [2.05, 4.69) is 11.4 Å². The monoisotopic (exact) mass is 253 g/mol. The van der Waals surface area contributed by atoms with E-state index in [1.54, 1.807) is 13.2 Å². The Morgan fingerprint density at radius 2 is 1.89 bits per heavy atom. The number of rotatable bonds is 4. The molecule has 4 heteroatoms. The molecule has 96 valence electrons. The summed E-state index contributed by atoms with van der Waals surface area (Å²) in [5, 5.41) is 11.9. The van der Waals surface area contributed by atoms with Crippen LogP contribution < -0.4 is 15.8 Å². The predicted octanol–water partition coefficient (Wildman–Crippen LogP) is 3.09. The topological polar surface area (TPSA) is 71.1 Å². The van der Waals surface area contributed by atoms with Gasteiger partial charge in [-0.05, 0) is 23.8 Å². The van der Waals surface area contributed by atoms with Gasteiger partial charge in [0.1, 0.15) is 5.75 Å². The van der Waals surface area contributed by atoms with E-state index in [9.17, 15) is 0 Å². The fraction of sp³-hybridized carbons (Fsp3) is 0.133. The average molecular weight is 253 g/mol. The number of ether oxygens (including phenoxy) is 1. The van der Waals surface area contributed by atoms with Gasteiger partial charge in [-0.1, -0.05) is 12.1 Å².